The van der Waals surface area contributed by atoms with Gasteiger partial charge in [0, 0.05) is 6.61 Å². The number of hydrogen-bond donors (Lipinski definition) is 0. The highest BCUT2D eigenvalue weighted by molar-refractivity contribution is 4.74. The molecule has 1 saturated heterocycles. The first kappa shape index (κ1) is 9.05. The lowest BCUT2D eigenvalue weighted by molar-refractivity contribution is -0.0525. The van der Waals surface area contributed by atoms with Gasteiger partial charge in [-0.05, 0) is 24.7 Å². The minimum Gasteiger partial charge on any atom is -0.378 e. The van der Waals surface area contributed by atoms with Crippen molar-refractivity contribution in [1.29, 1.82) is 0 Å². The maximum Gasteiger partial charge on any atom is 0.0598 e. The first-order valence-corrected chi connectivity index (χ1v) is 4.89. The van der Waals surface area contributed by atoms with Gasteiger partial charge < -0.3 is 4.74 Å². The van der Waals surface area contributed by atoms with Crippen LogP contribution in [0.15, 0.2) is 0 Å². The second-order valence-corrected chi connectivity index (χ2v) is 3.77. The lowest BCUT2D eigenvalue weighted by atomic mass is 9.87. The molecule has 1 aliphatic heterocycles. The van der Waals surface area contributed by atoms with Gasteiger partial charge in [-0.15, -0.1) is 0 Å². The third-order valence-electron chi connectivity index (χ3n) is 2.87. The first-order valence-electron chi connectivity index (χ1n) is 4.89. The second-order valence-electron chi connectivity index (χ2n) is 3.77. The number of hydrogen-bond acceptors (Lipinski definition) is 1. The van der Waals surface area contributed by atoms with Crippen LogP contribution in [0.3, 0.4) is 0 Å². The van der Waals surface area contributed by atoms with Gasteiger partial charge >= 0.3 is 0 Å². The molecule has 0 amide bonds. The fourth-order valence-electron chi connectivity index (χ4n) is 1.97. The van der Waals surface area contributed by atoms with Crippen LogP contribution in [0.25, 0.3) is 0 Å². The molecule has 0 aromatic rings. The maximum atomic E-state index is 5.74. The summed E-state index contributed by atoms with van der Waals surface area (Å²) in [4.78, 5) is 0. The van der Waals surface area contributed by atoms with Crippen LogP contribution >= 0.6 is 0 Å². The van der Waals surface area contributed by atoms with Crippen LogP contribution in [-0.2, 0) is 4.74 Å². The van der Waals surface area contributed by atoms with Crippen molar-refractivity contribution in [3.05, 3.63) is 0 Å². The highest BCUT2D eigenvalue weighted by Gasteiger charge is 2.25. The molecule has 1 heterocycles. The van der Waals surface area contributed by atoms with Crippen LogP contribution in [0.4, 0.5) is 0 Å². The Morgan fingerprint density at radius 3 is 2.45 bits per heavy atom. The Balaban J connectivity index is 2.34. The topological polar surface area (TPSA) is 9.23 Å². The SMILES string of the molecule is CCC1COC(CC)[C@H](C)C1. The van der Waals surface area contributed by atoms with Gasteiger partial charge in [0.05, 0.1) is 6.10 Å². The van der Waals surface area contributed by atoms with Gasteiger partial charge in [-0.1, -0.05) is 27.2 Å². The van der Waals surface area contributed by atoms with Gasteiger partial charge in [-0.3, -0.25) is 0 Å². The van der Waals surface area contributed by atoms with Crippen LogP contribution in [0, 0.1) is 11.8 Å². The Labute approximate surface area is 70.1 Å². The summed E-state index contributed by atoms with van der Waals surface area (Å²) in [6, 6.07) is 0. The lowest BCUT2D eigenvalue weighted by Crippen LogP contribution is -2.32. The van der Waals surface area contributed by atoms with E-state index in [1.165, 1.54) is 19.3 Å². The Morgan fingerprint density at radius 2 is 2.00 bits per heavy atom. The molecule has 1 nitrogen and oxygen atoms in total. The molecule has 1 fully saturated rings. The summed E-state index contributed by atoms with van der Waals surface area (Å²) in [6.07, 6.45) is 4.37. The predicted octanol–water partition coefficient (Wildman–Crippen LogP) is 2.85. The Kier molecular flexibility index (Phi) is 3.38. The molecule has 0 bridgehead atoms. The molecule has 1 rings (SSSR count). The summed E-state index contributed by atoms with van der Waals surface area (Å²) in [5.74, 6) is 1.60. The zero-order valence-electron chi connectivity index (χ0n) is 7.97. The largest absolute Gasteiger partial charge is 0.378 e. The van der Waals surface area contributed by atoms with Gasteiger partial charge in [0.15, 0.2) is 0 Å². The van der Waals surface area contributed by atoms with E-state index in [1.54, 1.807) is 0 Å². The summed E-state index contributed by atoms with van der Waals surface area (Å²) >= 11 is 0. The van der Waals surface area contributed by atoms with Gasteiger partial charge in [0.2, 0.25) is 0 Å². The molecule has 0 radical (unpaired) electrons. The molecule has 0 spiro atoms. The van der Waals surface area contributed by atoms with E-state index in [0.717, 1.165) is 18.4 Å². The van der Waals surface area contributed by atoms with Gasteiger partial charge in [0.25, 0.3) is 0 Å². The minimum atomic E-state index is 0.540. The fraction of sp³-hybridized carbons (Fsp3) is 1.00. The summed E-state index contributed by atoms with van der Waals surface area (Å²) < 4.78 is 5.74. The molecule has 3 atom stereocenters. The van der Waals surface area contributed by atoms with Crippen molar-refractivity contribution in [1.82, 2.24) is 0 Å². The van der Waals surface area contributed by atoms with Gasteiger partial charge in [-0.2, -0.15) is 0 Å². The Bertz CT molecular complexity index is 111. The molecule has 0 aromatic carbocycles. The van der Waals surface area contributed by atoms with Gasteiger partial charge in [-0.25, -0.2) is 0 Å². The van der Waals surface area contributed by atoms with E-state index >= 15 is 0 Å². The van der Waals surface area contributed by atoms with Crippen LogP contribution < -0.4 is 0 Å². The quantitative estimate of drug-likeness (QED) is 0.597. The molecule has 0 N–H and O–H groups in total. The van der Waals surface area contributed by atoms with Crippen molar-refractivity contribution in [2.45, 2.75) is 46.1 Å². The van der Waals surface area contributed by atoms with E-state index in [2.05, 4.69) is 20.8 Å². The summed E-state index contributed by atoms with van der Waals surface area (Å²) in [5.41, 5.74) is 0. The molecule has 1 aliphatic rings. The van der Waals surface area contributed by atoms with E-state index in [0.29, 0.717) is 6.10 Å². The highest BCUT2D eigenvalue weighted by Crippen LogP contribution is 2.27. The minimum absolute atomic E-state index is 0.540. The average molecular weight is 156 g/mol. The monoisotopic (exact) mass is 156 g/mol. The predicted molar refractivity (Wildman–Crippen MR) is 47.6 cm³/mol. The molecule has 11 heavy (non-hydrogen) atoms. The molecule has 66 valence electrons. The van der Waals surface area contributed by atoms with E-state index in [4.69, 9.17) is 4.74 Å². The van der Waals surface area contributed by atoms with E-state index in [9.17, 15) is 0 Å². The third-order valence-corrected chi connectivity index (χ3v) is 2.87. The first-order chi connectivity index (χ1) is 5.27. The average Bonchev–Trinajstić information content (AvgIpc) is 2.04. The molecular formula is C10H20O. The zero-order chi connectivity index (χ0) is 8.27. The molecule has 1 heteroatoms. The summed E-state index contributed by atoms with van der Waals surface area (Å²) in [5, 5.41) is 0. The van der Waals surface area contributed by atoms with Crippen molar-refractivity contribution in [2.24, 2.45) is 11.8 Å². The smallest absolute Gasteiger partial charge is 0.0598 e. The molecule has 0 aromatic heterocycles. The van der Waals surface area contributed by atoms with Gasteiger partial charge in [0.1, 0.15) is 0 Å². The van der Waals surface area contributed by atoms with Crippen molar-refractivity contribution < 1.29 is 4.74 Å². The number of ether oxygens (including phenoxy) is 1. The standard InChI is InChI=1S/C10H20O/c1-4-9-6-8(3)10(5-2)11-7-9/h8-10H,4-7H2,1-3H3/t8-,9?,10?/m1/s1. The van der Waals surface area contributed by atoms with Crippen LogP contribution in [0.1, 0.15) is 40.0 Å². The third kappa shape index (κ3) is 2.19. The van der Waals surface area contributed by atoms with E-state index in [1.807, 2.05) is 0 Å². The fourth-order valence-corrected chi connectivity index (χ4v) is 1.97. The van der Waals surface area contributed by atoms with Crippen molar-refractivity contribution in [3.8, 4) is 0 Å². The van der Waals surface area contributed by atoms with E-state index in [-0.39, 0.29) is 0 Å². The maximum absolute atomic E-state index is 5.74. The summed E-state index contributed by atoms with van der Waals surface area (Å²) in [7, 11) is 0. The van der Waals surface area contributed by atoms with Crippen LogP contribution in [0.5, 0.6) is 0 Å². The molecular weight excluding hydrogens is 136 g/mol. The highest BCUT2D eigenvalue weighted by atomic mass is 16.5. The zero-order valence-corrected chi connectivity index (χ0v) is 7.97. The second kappa shape index (κ2) is 4.10. The van der Waals surface area contributed by atoms with Crippen LogP contribution in [0.2, 0.25) is 0 Å². The van der Waals surface area contributed by atoms with Crippen LogP contribution in [-0.4, -0.2) is 12.7 Å². The lowest BCUT2D eigenvalue weighted by Gasteiger charge is -2.33. The normalized spacial score (nSPS) is 39.0. The van der Waals surface area contributed by atoms with E-state index < -0.39 is 0 Å². The molecule has 0 aliphatic carbocycles. The Morgan fingerprint density at radius 1 is 1.27 bits per heavy atom. The summed E-state index contributed by atoms with van der Waals surface area (Å²) in [6.45, 7) is 7.79. The van der Waals surface area contributed by atoms with Crippen molar-refractivity contribution in [2.75, 3.05) is 6.61 Å². The molecule has 0 saturated carbocycles. The van der Waals surface area contributed by atoms with Crippen molar-refractivity contribution >= 4 is 0 Å². The molecule has 2 unspecified atom stereocenters. The Hall–Kier alpha value is -0.0400. The van der Waals surface area contributed by atoms with Crippen molar-refractivity contribution in [3.63, 3.8) is 0 Å². The number of rotatable bonds is 2.